The number of nitrogens with zero attached hydrogens (tertiary/aromatic N) is 2. The number of primary amides is 1. The summed E-state index contributed by atoms with van der Waals surface area (Å²) in [5.41, 5.74) is 18.7. The van der Waals surface area contributed by atoms with Gasteiger partial charge < -0.3 is 17.2 Å². The zero-order valence-electron chi connectivity index (χ0n) is 13.2. The molecule has 3 rings (SSSR count). The summed E-state index contributed by atoms with van der Waals surface area (Å²) in [6.45, 7) is 2.20. The Morgan fingerprint density at radius 3 is 2.75 bits per heavy atom. The van der Waals surface area contributed by atoms with Crippen molar-refractivity contribution in [1.82, 2.24) is 9.88 Å². The van der Waals surface area contributed by atoms with Gasteiger partial charge in [-0.25, -0.2) is 9.37 Å². The summed E-state index contributed by atoms with van der Waals surface area (Å²) in [5, 5.41) is 0. The minimum atomic E-state index is -0.663. The molecule has 1 atom stereocenters. The molecular formula is C17H20FN5O. The van der Waals surface area contributed by atoms with E-state index in [9.17, 15) is 9.18 Å². The Labute approximate surface area is 139 Å². The second kappa shape index (κ2) is 6.54. The molecule has 1 fully saturated rings. The van der Waals surface area contributed by atoms with Crippen molar-refractivity contribution in [3.63, 3.8) is 0 Å². The number of hydrogen-bond donors (Lipinski definition) is 3. The van der Waals surface area contributed by atoms with Gasteiger partial charge in [-0.2, -0.15) is 0 Å². The Morgan fingerprint density at radius 1 is 1.33 bits per heavy atom. The van der Waals surface area contributed by atoms with E-state index in [0.29, 0.717) is 23.2 Å². The van der Waals surface area contributed by atoms with Gasteiger partial charge in [-0.3, -0.25) is 9.69 Å². The third-order valence-corrected chi connectivity index (χ3v) is 4.27. The van der Waals surface area contributed by atoms with Gasteiger partial charge in [0.15, 0.2) is 0 Å². The van der Waals surface area contributed by atoms with Crippen molar-refractivity contribution < 1.29 is 9.18 Å². The van der Waals surface area contributed by atoms with Gasteiger partial charge in [-0.05, 0) is 24.1 Å². The van der Waals surface area contributed by atoms with E-state index in [1.54, 1.807) is 12.1 Å². The van der Waals surface area contributed by atoms with Crippen molar-refractivity contribution in [2.24, 2.45) is 11.5 Å². The van der Waals surface area contributed by atoms with Gasteiger partial charge in [-0.15, -0.1) is 0 Å². The Kier molecular flexibility index (Phi) is 4.46. The first kappa shape index (κ1) is 16.4. The minimum absolute atomic E-state index is 0.0636. The molecule has 1 aliphatic heterocycles. The molecule has 0 aliphatic carbocycles. The number of halogens is 1. The summed E-state index contributed by atoms with van der Waals surface area (Å²) in [4.78, 5) is 17.4. The van der Waals surface area contributed by atoms with E-state index in [2.05, 4.69) is 9.88 Å². The highest BCUT2D eigenvalue weighted by Gasteiger charge is 2.20. The van der Waals surface area contributed by atoms with Gasteiger partial charge in [-0.1, -0.05) is 12.1 Å². The molecule has 24 heavy (non-hydrogen) atoms. The van der Waals surface area contributed by atoms with Gasteiger partial charge in [0.1, 0.15) is 11.6 Å². The van der Waals surface area contributed by atoms with E-state index in [-0.39, 0.29) is 23.2 Å². The molecule has 6 nitrogen and oxygen atoms in total. The lowest BCUT2D eigenvalue weighted by Crippen LogP contribution is -2.26. The highest BCUT2D eigenvalue weighted by atomic mass is 19.1. The van der Waals surface area contributed by atoms with Crippen LogP contribution in [0, 0.1) is 5.82 Å². The third-order valence-electron chi connectivity index (χ3n) is 4.27. The number of rotatable bonds is 4. The molecule has 2 heterocycles. The fourth-order valence-corrected chi connectivity index (χ4v) is 2.93. The van der Waals surface area contributed by atoms with Crippen LogP contribution in [-0.2, 0) is 6.54 Å². The first-order valence-corrected chi connectivity index (χ1v) is 7.76. The van der Waals surface area contributed by atoms with Crippen LogP contribution in [0.15, 0.2) is 30.5 Å². The molecule has 6 N–H and O–H groups in total. The lowest BCUT2D eigenvalue weighted by atomic mass is 10.0. The number of nitrogens with two attached hydrogens (primary N) is 3. The topological polar surface area (TPSA) is 111 Å². The predicted molar refractivity (Wildman–Crippen MR) is 90.4 cm³/mol. The maximum Gasteiger partial charge on any atom is 0.252 e. The number of likely N-dealkylation sites (tertiary alicyclic amines) is 1. The van der Waals surface area contributed by atoms with Crippen molar-refractivity contribution in [3.8, 4) is 11.1 Å². The van der Waals surface area contributed by atoms with Crippen LogP contribution in [0.3, 0.4) is 0 Å². The molecule has 2 aromatic rings. The van der Waals surface area contributed by atoms with Gasteiger partial charge in [0.2, 0.25) is 0 Å². The molecule has 0 spiro atoms. The van der Waals surface area contributed by atoms with E-state index < -0.39 is 5.91 Å². The SMILES string of the molecule is NC(=O)c1cc(-c2ccc(CN3CCC(N)C3)c(F)c2)cnc1N. The number of hydrogen-bond acceptors (Lipinski definition) is 5. The van der Waals surface area contributed by atoms with Crippen LogP contribution >= 0.6 is 0 Å². The first-order chi connectivity index (χ1) is 11.4. The number of carbonyl (C=O) groups excluding carboxylic acids is 1. The fourth-order valence-electron chi connectivity index (χ4n) is 2.93. The van der Waals surface area contributed by atoms with Crippen LogP contribution < -0.4 is 17.2 Å². The van der Waals surface area contributed by atoms with Gasteiger partial charge in [0, 0.05) is 43.0 Å². The van der Waals surface area contributed by atoms with Crippen LogP contribution in [0.25, 0.3) is 11.1 Å². The first-order valence-electron chi connectivity index (χ1n) is 7.76. The van der Waals surface area contributed by atoms with Crippen molar-refractivity contribution >= 4 is 11.7 Å². The summed E-state index contributed by atoms with van der Waals surface area (Å²) < 4.78 is 14.4. The number of pyridine rings is 1. The molecule has 0 bridgehead atoms. The van der Waals surface area contributed by atoms with Crippen LogP contribution in [0.2, 0.25) is 0 Å². The molecule has 126 valence electrons. The van der Waals surface area contributed by atoms with Crippen LogP contribution in [0.1, 0.15) is 22.3 Å². The van der Waals surface area contributed by atoms with Crippen LogP contribution in [0.4, 0.5) is 10.2 Å². The average Bonchev–Trinajstić information content (AvgIpc) is 2.94. The van der Waals surface area contributed by atoms with Crippen molar-refractivity contribution in [2.45, 2.75) is 19.0 Å². The molecule has 0 radical (unpaired) electrons. The molecule has 1 aromatic carbocycles. The fraction of sp³-hybridized carbons (Fsp3) is 0.294. The van der Waals surface area contributed by atoms with Crippen LogP contribution in [0.5, 0.6) is 0 Å². The Bertz CT molecular complexity index is 780. The maximum absolute atomic E-state index is 14.4. The van der Waals surface area contributed by atoms with Crippen molar-refractivity contribution in [1.29, 1.82) is 0 Å². The summed E-state index contributed by atoms with van der Waals surface area (Å²) in [6, 6.07) is 6.67. The molecule has 0 saturated carbocycles. The minimum Gasteiger partial charge on any atom is -0.383 e. The third kappa shape index (κ3) is 3.37. The van der Waals surface area contributed by atoms with E-state index in [0.717, 1.165) is 19.5 Å². The van der Waals surface area contributed by atoms with Crippen molar-refractivity contribution in [2.75, 3.05) is 18.8 Å². The Morgan fingerprint density at radius 2 is 2.12 bits per heavy atom. The maximum atomic E-state index is 14.4. The lowest BCUT2D eigenvalue weighted by Gasteiger charge is -2.16. The number of carbonyl (C=O) groups is 1. The van der Waals surface area contributed by atoms with E-state index in [1.807, 2.05) is 0 Å². The quantitative estimate of drug-likeness (QED) is 0.778. The number of nitrogen functional groups attached to an aromatic ring is 1. The van der Waals surface area contributed by atoms with Crippen LogP contribution in [-0.4, -0.2) is 34.9 Å². The standard InChI is InChI=1S/C17H20FN5O/c18-15-6-10(12-5-14(17(21)24)16(20)22-7-12)1-2-11(15)8-23-4-3-13(19)9-23/h1-2,5-7,13H,3-4,8-9,19H2,(H2,20,22)(H2,21,24). The van der Waals surface area contributed by atoms with Gasteiger partial charge in [0.05, 0.1) is 5.56 Å². The highest BCUT2D eigenvalue weighted by Crippen LogP contribution is 2.25. The van der Waals surface area contributed by atoms with Gasteiger partial charge in [0.25, 0.3) is 5.91 Å². The smallest absolute Gasteiger partial charge is 0.252 e. The number of benzene rings is 1. The zero-order chi connectivity index (χ0) is 17.3. The Balaban J connectivity index is 1.84. The molecule has 7 heteroatoms. The predicted octanol–water partition coefficient (Wildman–Crippen LogP) is 1.10. The lowest BCUT2D eigenvalue weighted by molar-refractivity contribution is 0.100. The van der Waals surface area contributed by atoms with E-state index in [1.165, 1.54) is 18.3 Å². The molecule has 1 unspecified atom stereocenters. The molecular weight excluding hydrogens is 309 g/mol. The summed E-state index contributed by atoms with van der Waals surface area (Å²) >= 11 is 0. The second-order valence-electron chi connectivity index (χ2n) is 6.11. The number of anilines is 1. The average molecular weight is 329 g/mol. The molecule has 1 aliphatic rings. The molecule has 1 amide bonds. The summed E-state index contributed by atoms with van der Waals surface area (Å²) in [5.74, 6) is -0.900. The second-order valence-corrected chi connectivity index (χ2v) is 6.11. The van der Waals surface area contributed by atoms with Crippen molar-refractivity contribution in [3.05, 3.63) is 47.4 Å². The molecule has 1 aromatic heterocycles. The van der Waals surface area contributed by atoms with E-state index >= 15 is 0 Å². The monoisotopic (exact) mass is 329 g/mol. The Hall–Kier alpha value is -2.51. The summed E-state index contributed by atoms with van der Waals surface area (Å²) in [6.07, 6.45) is 2.43. The van der Waals surface area contributed by atoms with Gasteiger partial charge >= 0.3 is 0 Å². The highest BCUT2D eigenvalue weighted by molar-refractivity contribution is 5.98. The number of aromatic nitrogens is 1. The normalized spacial score (nSPS) is 18.0. The zero-order valence-corrected chi connectivity index (χ0v) is 13.2. The molecule has 1 saturated heterocycles. The largest absolute Gasteiger partial charge is 0.383 e. The summed E-state index contributed by atoms with van der Waals surface area (Å²) in [7, 11) is 0. The number of amides is 1. The van der Waals surface area contributed by atoms with E-state index in [4.69, 9.17) is 17.2 Å².